The van der Waals surface area contributed by atoms with Crippen LogP contribution < -0.4 is 4.90 Å². The van der Waals surface area contributed by atoms with Crippen LogP contribution in [-0.4, -0.2) is 47.2 Å². The molecule has 3 aromatic rings. The number of piperazine rings is 1. The van der Waals surface area contributed by atoms with E-state index in [0.717, 1.165) is 35.7 Å². The second-order valence-corrected chi connectivity index (χ2v) is 6.81. The number of rotatable bonds is 3. The highest BCUT2D eigenvalue weighted by Gasteiger charge is 2.23. The van der Waals surface area contributed by atoms with Gasteiger partial charge in [0.1, 0.15) is 0 Å². The van der Waals surface area contributed by atoms with Crippen molar-refractivity contribution in [3.63, 3.8) is 0 Å². The SMILES string of the molecule is O=C(c1ccccc1)N1CCN(c2ccc(-c3ccccc3Cl)nn2)CC1. The van der Waals surface area contributed by atoms with Crippen LogP contribution in [0.2, 0.25) is 5.02 Å². The summed E-state index contributed by atoms with van der Waals surface area (Å²) in [4.78, 5) is 16.6. The summed E-state index contributed by atoms with van der Waals surface area (Å²) in [6.45, 7) is 2.81. The van der Waals surface area contributed by atoms with E-state index in [1.54, 1.807) is 0 Å². The highest BCUT2D eigenvalue weighted by Crippen LogP contribution is 2.26. The first-order chi connectivity index (χ1) is 13.2. The molecule has 1 aliphatic rings. The van der Waals surface area contributed by atoms with Gasteiger partial charge >= 0.3 is 0 Å². The number of hydrogen-bond acceptors (Lipinski definition) is 4. The highest BCUT2D eigenvalue weighted by molar-refractivity contribution is 6.33. The Bertz CT molecular complexity index is 922. The molecule has 4 rings (SSSR count). The quantitative estimate of drug-likeness (QED) is 0.696. The van der Waals surface area contributed by atoms with Gasteiger partial charge in [-0.1, -0.05) is 48.0 Å². The lowest BCUT2D eigenvalue weighted by Crippen LogP contribution is -2.49. The molecule has 1 aliphatic heterocycles. The van der Waals surface area contributed by atoms with Crippen molar-refractivity contribution < 1.29 is 4.79 Å². The number of benzene rings is 2. The molecule has 1 fully saturated rings. The average molecular weight is 379 g/mol. The van der Waals surface area contributed by atoms with Gasteiger partial charge in [-0.3, -0.25) is 4.79 Å². The second kappa shape index (κ2) is 7.76. The third-order valence-corrected chi connectivity index (χ3v) is 5.04. The lowest BCUT2D eigenvalue weighted by Gasteiger charge is -2.35. The Morgan fingerprint density at radius 1 is 0.815 bits per heavy atom. The van der Waals surface area contributed by atoms with Gasteiger partial charge in [0, 0.05) is 37.3 Å². The van der Waals surface area contributed by atoms with E-state index in [-0.39, 0.29) is 5.91 Å². The van der Waals surface area contributed by atoms with Gasteiger partial charge in [0.05, 0.1) is 10.7 Å². The first kappa shape index (κ1) is 17.5. The molecule has 0 N–H and O–H groups in total. The Morgan fingerprint density at radius 3 is 2.19 bits per heavy atom. The third kappa shape index (κ3) is 3.78. The lowest BCUT2D eigenvalue weighted by molar-refractivity contribution is 0.0746. The number of hydrogen-bond donors (Lipinski definition) is 0. The Hall–Kier alpha value is -2.92. The van der Waals surface area contributed by atoms with Crippen LogP contribution >= 0.6 is 11.6 Å². The molecule has 0 atom stereocenters. The normalized spacial score (nSPS) is 14.3. The molecule has 5 nitrogen and oxygen atoms in total. The van der Waals surface area contributed by atoms with E-state index < -0.39 is 0 Å². The van der Waals surface area contributed by atoms with Crippen molar-refractivity contribution in [3.05, 3.63) is 77.3 Å². The molecular weight excluding hydrogens is 360 g/mol. The summed E-state index contributed by atoms with van der Waals surface area (Å²) in [6, 6.07) is 20.9. The molecule has 2 aromatic carbocycles. The van der Waals surface area contributed by atoms with Crippen molar-refractivity contribution in [3.8, 4) is 11.3 Å². The zero-order valence-corrected chi connectivity index (χ0v) is 15.5. The Balaban J connectivity index is 1.41. The molecule has 1 aromatic heterocycles. The summed E-state index contributed by atoms with van der Waals surface area (Å²) in [5, 5.41) is 9.35. The Kier molecular flexibility index (Phi) is 5.03. The molecule has 0 spiro atoms. The van der Waals surface area contributed by atoms with E-state index in [1.807, 2.05) is 71.6 Å². The summed E-state index contributed by atoms with van der Waals surface area (Å²) in [6.07, 6.45) is 0. The number of carbonyl (C=O) groups excluding carboxylic acids is 1. The summed E-state index contributed by atoms with van der Waals surface area (Å²) in [7, 11) is 0. The number of amides is 1. The van der Waals surface area contributed by atoms with Gasteiger partial charge in [0.25, 0.3) is 5.91 Å². The Labute approximate surface area is 163 Å². The molecule has 0 aliphatic carbocycles. The topological polar surface area (TPSA) is 49.3 Å². The number of nitrogens with zero attached hydrogens (tertiary/aromatic N) is 4. The monoisotopic (exact) mass is 378 g/mol. The highest BCUT2D eigenvalue weighted by atomic mass is 35.5. The maximum atomic E-state index is 12.5. The van der Waals surface area contributed by atoms with Crippen molar-refractivity contribution in [2.24, 2.45) is 0 Å². The van der Waals surface area contributed by atoms with E-state index in [0.29, 0.717) is 18.1 Å². The van der Waals surface area contributed by atoms with Gasteiger partial charge in [-0.25, -0.2) is 0 Å². The lowest BCUT2D eigenvalue weighted by atomic mass is 10.1. The maximum Gasteiger partial charge on any atom is 0.253 e. The fourth-order valence-corrected chi connectivity index (χ4v) is 3.44. The van der Waals surface area contributed by atoms with Crippen LogP contribution in [0.5, 0.6) is 0 Å². The van der Waals surface area contributed by atoms with E-state index in [2.05, 4.69) is 15.1 Å². The minimum absolute atomic E-state index is 0.0791. The third-order valence-electron chi connectivity index (χ3n) is 4.71. The molecular formula is C21H19ClN4O. The zero-order valence-electron chi connectivity index (χ0n) is 14.8. The van der Waals surface area contributed by atoms with Crippen molar-refractivity contribution in [1.29, 1.82) is 0 Å². The number of halogens is 1. The first-order valence-corrected chi connectivity index (χ1v) is 9.28. The summed E-state index contributed by atoms with van der Waals surface area (Å²) >= 11 is 6.23. The number of carbonyl (C=O) groups is 1. The van der Waals surface area contributed by atoms with Gasteiger partial charge in [-0.2, -0.15) is 0 Å². The van der Waals surface area contributed by atoms with Crippen LogP contribution in [-0.2, 0) is 0 Å². The van der Waals surface area contributed by atoms with Crippen LogP contribution in [0.4, 0.5) is 5.82 Å². The predicted molar refractivity (Wildman–Crippen MR) is 107 cm³/mol. The predicted octanol–water partition coefficient (Wildman–Crippen LogP) is 3.76. The second-order valence-electron chi connectivity index (χ2n) is 6.40. The number of aromatic nitrogens is 2. The van der Waals surface area contributed by atoms with Crippen LogP contribution in [0.1, 0.15) is 10.4 Å². The van der Waals surface area contributed by atoms with E-state index >= 15 is 0 Å². The maximum absolute atomic E-state index is 12.5. The molecule has 2 heterocycles. The van der Waals surface area contributed by atoms with Crippen LogP contribution in [0.25, 0.3) is 11.3 Å². The number of anilines is 1. The molecule has 0 saturated carbocycles. The van der Waals surface area contributed by atoms with Gasteiger partial charge in [0.2, 0.25) is 0 Å². The summed E-state index contributed by atoms with van der Waals surface area (Å²) < 4.78 is 0. The molecule has 27 heavy (non-hydrogen) atoms. The molecule has 0 bridgehead atoms. The van der Waals surface area contributed by atoms with E-state index in [1.165, 1.54) is 0 Å². The minimum Gasteiger partial charge on any atom is -0.352 e. The molecule has 0 unspecified atom stereocenters. The van der Waals surface area contributed by atoms with Crippen LogP contribution in [0, 0.1) is 0 Å². The van der Waals surface area contributed by atoms with Gasteiger partial charge in [0.15, 0.2) is 5.82 Å². The van der Waals surface area contributed by atoms with Gasteiger partial charge < -0.3 is 9.80 Å². The van der Waals surface area contributed by atoms with E-state index in [4.69, 9.17) is 11.6 Å². The summed E-state index contributed by atoms with van der Waals surface area (Å²) in [5.41, 5.74) is 2.36. The average Bonchev–Trinajstić information content (AvgIpc) is 2.74. The van der Waals surface area contributed by atoms with E-state index in [9.17, 15) is 4.79 Å². The fraction of sp³-hybridized carbons (Fsp3) is 0.190. The molecule has 1 saturated heterocycles. The standard InChI is InChI=1S/C21H19ClN4O/c22-18-9-5-4-8-17(18)19-10-11-20(24-23-19)25-12-14-26(15-13-25)21(27)16-6-2-1-3-7-16/h1-11H,12-15H2. The fourth-order valence-electron chi connectivity index (χ4n) is 3.21. The Morgan fingerprint density at radius 2 is 1.52 bits per heavy atom. The van der Waals surface area contributed by atoms with Gasteiger partial charge in [-0.15, -0.1) is 10.2 Å². The van der Waals surface area contributed by atoms with Crippen LogP contribution in [0.3, 0.4) is 0 Å². The molecule has 0 radical (unpaired) electrons. The molecule has 136 valence electrons. The molecule has 1 amide bonds. The summed E-state index contributed by atoms with van der Waals surface area (Å²) in [5.74, 6) is 0.896. The van der Waals surface area contributed by atoms with Crippen molar-refractivity contribution in [2.45, 2.75) is 0 Å². The van der Waals surface area contributed by atoms with Crippen molar-refractivity contribution in [1.82, 2.24) is 15.1 Å². The minimum atomic E-state index is 0.0791. The molecule has 6 heteroatoms. The van der Waals surface area contributed by atoms with Crippen molar-refractivity contribution >= 4 is 23.3 Å². The first-order valence-electron chi connectivity index (χ1n) is 8.90. The zero-order chi connectivity index (χ0) is 18.6. The van der Waals surface area contributed by atoms with Crippen molar-refractivity contribution in [2.75, 3.05) is 31.1 Å². The largest absolute Gasteiger partial charge is 0.352 e. The van der Waals surface area contributed by atoms with Gasteiger partial charge in [-0.05, 0) is 30.3 Å². The smallest absolute Gasteiger partial charge is 0.253 e. The van der Waals surface area contributed by atoms with Crippen LogP contribution in [0.15, 0.2) is 66.7 Å².